The summed E-state index contributed by atoms with van der Waals surface area (Å²) in [6.07, 6.45) is 4.25. The van der Waals surface area contributed by atoms with Gasteiger partial charge in [0.2, 0.25) is 11.8 Å². The molecule has 2 aliphatic carbocycles. The number of nitrogens with zero attached hydrogens (tertiary/aromatic N) is 1. The van der Waals surface area contributed by atoms with Crippen LogP contribution in [-0.2, 0) is 9.59 Å². The van der Waals surface area contributed by atoms with Crippen molar-refractivity contribution >= 4 is 45.7 Å². The largest absolute Gasteiger partial charge is 0.497 e. The molecule has 3 aliphatic rings. The molecule has 1 aliphatic heterocycles. The van der Waals surface area contributed by atoms with E-state index in [9.17, 15) is 9.59 Å². The Morgan fingerprint density at radius 3 is 1.64 bits per heavy atom. The molecule has 0 spiro atoms. The molecule has 0 radical (unpaired) electrons. The number of hydrogen-bond donors (Lipinski definition) is 0. The van der Waals surface area contributed by atoms with E-state index in [2.05, 4.69) is 34.7 Å². The molecule has 4 atom stereocenters. The zero-order valence-electron chi connectivity index (χ0n) is 19.9. The number of rotatable bonds is 5. The molecule has 3 aromatic rings. The molecule has 1 heterocycles. The molecular formula is C30H24INO4. The monoisotopic (exact) mass is 589 g/mol. The van der Waals surface area contributed by atoms with Gasteiger partial charge in [-0.15, -0.1) is 0 Å². The maximum absolute atomic E-state index is 13.8. The number of halogens is 1. The second-order valence-electron chi connectivity index (χ2n) is 9.24. The van der Waals surface area contributed by atoms with Gasteiger partial charge in [-0.05, 0) is 81.3 Å². The molecule has 5 nitrogen and oxygen atoms in total. The highest BCUT2D eigenvalue weighted by atomic mass is 127. The minimum atomic E-state index is -0.384. The molecule has 2 fully saturated rings. The first-order valence-corrected chi connectivity index (χ1v) is 12.9. The SMILES string of the molecule is COc1ccc(C(=C2[C@H]3C=C[C@H]2[C@@H]2C(=O)N(c4ccccc4I)C(=O)[C@H]23)c2ccc(OC)cc2)cc1. The fourth-order valence-electron chi connectivity index (χ4n) is 5.98. The maximum atomic E-state index is 13.8. The number of allylic oxidation sites excluding steroid dienone is 3. The molecular weight excluding hydrogens is 565 g/mol. The van der Waals surface area contributed by atoms with Crippen LogP contribution in [0.4, 0.5) is 5.69 Å². The minimum Gasteiger partial charge on any atom is -0.497 e. The highest BCUT2D eigenvalue weighted by Crippen LogP contribution is 2.59. The molecule has 0 aromatic heterocycles. The molecule has 36 heavy (non-hydrogen) atoms. The third kappa shape index (κ3) is 3.42. The Bertz CT molecular complexity index is 1340. The van der Waals surface area contributed by atoms with Gasteiger partial charge in [-0.2, -0.15) is 0 Å². The number of methoxy groups -OCH3 is 2. The molecule has 180 valence electrons. The Kier molecular flexibility index (Phi) is 5.71. The molecule has 0 N–H and O–H groups in total. The highest BCUT2D eigenvalue weighted by Gasteiger charge is 2.62. The van der Waals surface area contributed by atoms with E-state index in [1.807, 2.05) is 72.8 Å². The van der Waals surface area contributed by atoms with Crippen LogP contribution in [0.5, 0.6) is 11.5 Å². The van der Waals surface area contributed by atoms with Crippen LogP contribution >= 0.6 is 22.6 Å². The summed E-state index contributed by atoms with van der Waals surface area (Å²) in [5.41, 5.74) is 4.95. The Balaban J connectivity index is 1.48. The van der Waals surface area contributed by atoms with Crippen LogP contribution in [0.25, 0.3) is 5.57 Å². The first-order chi connectivity index (χ1) is 17.5. The lowest BCUT2D eigenvalue weighted by Crippen LogP contribution is -2.33. The van der Waals surface area contributed by atoms with Crippen molar-refractivity contribution in [3.8, 4) is 11.5 Å². The Morgan fingerprint density at radius 2 is 1.19 bits per heavy atom. The van der Waals surface area contributed by atoms with Gasteiger partial charge in [-0.25, -0.2) is 4.90 Å². The Hall–Kier alpha value is -3.39. The summed E-state index contributed by atoms with van der Waals surface area (Å²) in [6.45, 7) is 0. The summed E-state index contributed by atoms with van der Waals surface area (Å²) in [5.74, 6) is 0.333. The van der Waals surface area contributed by atoms with Gasteiger partial charge in [0.1, 0.15) is 11.5 Å². The van der Waals surface area contributed by atoms with Crippen LogP contribution in [0.2, 0.25) is 0 Å². The number of amides is 2. The van der Waals surface area contributed by atoms with E-state index in [4.69, 9.17) is 9.47 Å². The summed E-state index contributed by atoms with van der Waals surface area (Å²) in [7, 11) is 3.30. The average molecular weight is 589 g/mol. The molecule has 1 saturated heterocycles. The number of hydrogen-bond acceptors (Lipinski definition) is 4. The normalized spacial score (nSPS) is 23.9. The predicted octanol–water partition coefficient (Wildman–Crippen LogP) is 5.73. The van der Waals surface area contributed by atoms with E-state index in [0.717, 1.165) is 37.3 Å². The topological polar surface area (TPSA) is 55.8 Å². The molecule has 0 unspecified atom stereocenters. The fraction of sp³-hybridized carbons (Fsp3) is 0.200. The van der Waals surface area contributed by atoms with Crippen molar-refractivity contribution in [2.45, 2.75) is 0 Å². The summed E-state index contributed by atoms with van der Waals surface area (Å²) in [5, 5.41) is 0. The van der Waals surface area contributed by atoms with Crippen LogP contribution in [0.1, 0.15) is 11.1 Å². The number of carbonyl (C=O) groups excluding carboxylic acids is 2. The van der Waals surface area contributed by atoms with Crippen molar-refractivity contribution in [2.24, 2.45) is 23.7 Å². The lowest BCUT2D eigenvalue weighted by Gasteiger charge is -2.22. The maximum Gasteiger partial charge on any atom is 0.238 e. The van der Waals surface area contributed by atoms with Gasteiger partial charge in [0.15, 0.2) is 0 Å². The summed E-state index contributed by atoms with van der Waals surface area (Å²) < 4.78 is 11.6. The summed E-state index contributed by atoms with van der Waals surface area (Å²) >= 11 is 2.19. The van der Waals surface area contributed by atoms with E-state index >= 15 is 0 Å². The molecule has 2 amide bonds. The van der Waals surface area contributed by atoms with Gasteiger partial charge in [-0.3, -0.25) is 9.59 Å². The summed E-state index contributed by atoms with van der Waals surface area (Å²) in [4.78, 5) is 28.9. The third-order valence-electron chi connectivity index (χ3n) is 7.56. The quantitative estimate of drug-likeness (QED) is 0.217. The zero-order valence-corrected chi connectivity index (χ0v) is 22.0. The number of anilines is 1. The molecule has 3 aromatic carbocycles. The van der Waals surface area contributed by atoms with E-state index in [0.29, 0.717) is 5.69 Å². The Labute approximate surface area is 223 Å². The van der Waals surface area contributed by atoms with Gasteiger partial charge in [0, 0.05) is 15.4 Å². The predicted molar refractivity (Wildman–Crippen MR) is 147 cm³/mol. The van der Waals surface area contributed by atoms with Gasteiger partial charge < -0.3 is 9.47 Å². The van der Waals surface area contributed by atoms with Crippen LogP contribution in [-0.4, -0.2) is 26.0 Å². The van der Waals surface area contributed by atoms with Gasteiger partial charge in [0.05, 0.1) is 31.7 Å². The third-order valence-corrected chi connectivity index (χ3v) is 8.47. The van der Waals surface area contributed by atoms with Crippen molar-refractivity contribution in [2.75, 3.05) is 19.1 Å². The fourth-order valence-corrected chi connectivity index (χ4v) is 6.61. The van der Waals surface area contributed by atoms with Crippen molar-refractivity contribution in [1.82, 2.24) is 0 Å². The number of ether oxygens (including phenoxy) is 2. The van der Waals surface area contributed by atoms with E-state index in [1.54, 1.807) is 14.2 Å². The standard InChI is InChI=1S/C30H24INO4/c1-35-19-11-7-17(8-12-19)25(18-9-13-20(36-2)14-10-18)26-21-15-16-22(26)28-27(21)29(33)32(30(28)34)24-6-4-3-5-23(24)31/h3-16,21-22,27-28H,1-2H3/t21-,22-,27+,28+/m1/s1. The lowest BCUT2D eigenvalue weighted by molar-refractivity contribution is -0.122. The highest BCUT2D eigenvalue weighted by molar-refractivity contribution is 14.1. The van der Waals surface area contributed by atoms with E-state index < -0.39 is 0 Å². The number of para-hydroxylation sites is 1. The number of carbonyl (C=O) groups is 2. The smallest absolute Gasteiger partial charge is 0.238 e. The van der Waals surface area contributed by atoms with Crippen LogP contribution in [0.3, 0.4) is 0 Å². The van der Waals surface area contributed by atoms with Crippen LogP contribution < -0.4 is 14.4 Å². The Morgan fingerprint density at radius 1 is 0.722 bits per heavy atom. The second kappa shape index (κ2) is 8.92. The molecule has 2 bridgehead atoms. The summed E-state index contributed by atoms with van der Waals surface area (Å²) in [6, 6.07) is 23.5. The van der Waals surface area contributed by atoms with Gasteiger partial charge in [0.25, 0.3) is 0 Å². The number of imide groups is 1. The van der Waals surface area contributed by atoms with Gasteiger partial charge >= 0.3 is 0 Å². The van der Waals surface area contributed by atoms with Crippen molar-refractivity contribution in [3.63, 3.8) is 0 Å². The van der Waals surface area contributed by atoms with Crippen molar-refractivity contribution in [3.05, 3.63) is 105 Å². The van der Waals surface area contributed by atoms with Crippen molar-refractivity contribution < 1.29 is 19.1 Å². The zero-order chi connectivity index (χ0) is 25.0. The first kappa shape index (κ1) is 23.0. The first-order valence-electron chi connectivity index (χ1n) is 11.9. The van der Waals surface area contributed by atoms with E-state index in [1.165, 1.54) is 4.90 Å². The van der Waals surface area contributed by atoms with E-state index in [-0.39, 0.29) is 35.5 Å². The second-order valence-corrected chi connectivity index (χ2v) is 10.4. The lowest BCUT2D eigenvalue weighted by atomic mass is 9.85. The van der Waals surface area contributed by atoms with Gasteiger partial charge in [-0.1, -0.05) is 48.6 Å². The average Bonchev–Trinajstić information content (AvgIpc) is 3.54. The number of benzene rings is 3. The molecule has 6 heteroatoms. The van der Waals surface area contributed by atoms with Crippen LogP contribution in [0, 0.1) is 27.2 Å². The molecule has 6 rings (SSSR count). The minimum absolute atomic E-state index is 0.104. The van der Waals surface area contributed by atoms with Crippen molar-refractivity contribution in [1.29, 1.82) is 0 Å². The number of fused-ring (bicyclic) bond motifs is 5. The molecule has 1 saturated carbocycles. The van der Waals surface area contributed by atoms with Crippen LogP contribution in [0.15, 0.2) is 90.5 Å².